The molecular weight excluding hydrogens is 265 g/mol. The Kier molecular flexibility index (Phi) is 2.95. The van der Waals surface area contributed by atoms with Gasteiger partial charge in [-0.1, -0.05) is 15.9 Å². The molecule has 5 heteroatoms. The number of halogens is 2. The van der Waals surface area contributed by atoms with Gasteiger partial charge in [-0.25, -0.2) is 4.39 Å². The predicted octanol–water partition coefficient (Wildman–Crippen LogP) is 2.56. The van der Waals surface area contributed by atoms with Gasteiger partial charge in [-0.2, -0.15) is 5.48 Å². The van der Waals surface area contributed by atoms with Gasteiger partial charge in [0.05, 0.1) is 13.2 Å². The third-order valence-electron chi connectivity index (χ3n) is 2.39. The van der Waals surface area contributed by atoms with Crippen LogP contribution < -0.4 is 10.2 Å². The maximum absolute atomic E-state index is 13.5. The van der Waals surface area contributed by atoms with Crippen LogP contribution in [0.4, 0.5) is 4.39 Å². The lowest BCUT2D eigenvalue weighted by Crippen LogP contribution is -2.27. The van der Waals surface area contributed by atoms with Gasteiger partial charge in [0, 0.05) is 10.0 Å². The number of fused-ring (bicyclic) bond motifs is 1. The molecule has 1 aliphatic rings. The zero-order valence-corrected chi connectivity index (χ0v) is 9.97. The van der Waals surface area contributed by atoms with Gasteiger partial charge in [0.2, 0.25) is 0 Å². The number of nitrogens with one attached hydrogen (secondary N) is 1. The first-order valence-corrected chi connectivity index (χ1v) is 5.37. The first kappa shape index (κ1) is 10.9. The highest BCUT2D eigenvalue weighted by Crippen LogP contribution is 2.40. The van der Waals surface area contributed by atoms with Crippen molar-refractivity contribution < 1.29 is 14.0 Å². The van der Waals surface area contributed by atoms with Crippen LogP contribution in [-0.4, -0.2) is 13.2 Å². The third-order valence-corrected chi connectivity index (χ3v) is 2.85. The second-order valence-electron chi connectivity index (χ2n) is 3.43. The van der Waals surface area contributed by atoms with Crippen molar-refractivity contribution >= 4 is 15.9 Å². The SMILES string of the molecule is CONC1c2cc(Br)cc(F)c2OC1C. The van der Waals surface area contributed by atoms with E-state index in [1.165, 1.54) is 13.2 Å². The summed E-state index contributed by atoms with van der Waals surface area (Å²) < 4.78 is 19.6. The molecule has 0 spiro atoms. The molecule has 1 heterocycles. The van der Waals surface area contributed by atoms with Crippen molar-refractivity contribution in [3.05, 3.63) is 28.0 Å². The van der Waals surface area contributed by atoms with E-state index in [-0.39, 0.29) is 18.0 Å². The minimum atomic E-state index is -0.355. The standard InChI is InChI=1S/C10H11BrFNO2/c1-5-9(13-14-2)7-3-6(11)4-8(12)10(7)15-5/h3-5,9,13H,1-2H3. The van der Waals surface area contributed by atoms with Gasteiger partial charge in [0.25, 0.3) is 0 Å². The quantitative estimate of drug-likeness (QED) is 0.842. The van der Waals surface area contributed by atoms with Gasteiger partial charge in [0.15, 0.2) is 11.6 Å². The van der Waals surface area contributed by atoms with Gasteiger partial charge in [0.1, 0.15) is 6.10 Å². The monoisotopic (exact) mass is 275 g/mol. The molecule has 1 aromatic rings. The van der Waals surface area contributed by atoms with Crippen molar-refractivity contribution in [2.75, 3.05) is 7.11 Å². The van der Waals surface area contributed by atoms with Crippen molar-refractivity contribution in [1.29, 1.82) is 0 Å². The number of hydrogen-bond acceptors (Lipinski definition) is 3. The van der Waals surface area contributed by atoms with Crippen LogP contribution in [0.3, 0.4) is 0 Å². The Balaban J connectivity index is 2.43. The van der Waals surface area contributed by atoms with Gasteiger partial charge in [-0.15, -0.1) is 0 Å². The van der Waals surface area contributed by atoms with Crippen molar-refractivity contribution in [1.82, 2.24) is 5.48 Å². The summed E-state index contributed by atoms with van der Waals surface area (Å²) in [4.78, 5) is 4.87. The van der Waals surface area contributed by atoms with Crippen LogP contribution >= 0.6 is 15.9 Å². The Morgan fingerprint density at radius 3 is 2.93 bits per heavy atom. The molecule has 2 atom stereocenters. The molecule has 3 nitrogen and oxygen atoms in total. The zero-order valence-electron chi connectivity index (χ0n) is 8.38. The summed E-state index contributed by atoms with van der Waals surface area (Å²) in [5.74, 6) is -0.0492. The number of rotatable bonds is 2. The van der Waals surface area contributed by atoms with Gasteiger partial charge < -0.3 is 9.57 Å². The number of hydroxylamine groups is 1. The minimum absolute atomic E-state index is 0.142. The second-order valence-corrected chi connectivity index (χ2v) is 4.34. The number of ether oxygens (including phenoxy) is 1. The average molecular weight is 276 g/mol. The summed E-state index contributed by atoms with van der Waals surface area (Å²) in [6, 6.07) is 3.08. The Bertz CT molecular complexity index is 386. The van der Waals surface area contributed by atoms with Crippen LogP contribution in [0.2, 0.25) is 0 Å². The van der Waals surface area contributed by atoms with Crippen LogP contribution in [0, 0.1) is 5.82 Å². The Labute approximate surface area is 95.6 Å². The molecule has 0 aliphatic carbocycles. The van der Waals surface area contributed by atoms with Gasteiger partial charge in [-0.3, -0.25) is 0 Å². The molecule has 0 saturated carbocycles. The molecule has 0 aromatic heterocycles. The molecule has 0 radical (unpaired) electrons. The summed E-state index contributed by atoms with van der Waals surface area (Å²) >= 11 is 3.25. The first-order valence-electron chi connectivity index (χ1n) is 4.57. The zero-order chi connectivity index (χ0) is 11.0. The third kappa shape index (κ3) is 1.87. The van der Waals surface area contributed by atoms with E-state index >= 15 is 0 Å². The fourth-order valence-corrected chi connectivity index (χ4v) is 2.18. The fourth-order valence-electron chi connectivity index (χ4n) is 1.73. The van der Waals surface area contributed by atoms with E-state index in [2.05, 4.69) is 21.4 Å². The van der Waals surface area contributed by atoms with Gasteiger partial charge >= 0.3 is 0 Å². The molecule has 0 bridgehead atoms. The predicted molar refractivity (Wildman–Crippen MR) is 57.1 cm³/mol. The molecule has 1 aromatic carbocycles. The molecule has 0 amide bonds. The van der Waals surface area contributed by atoms with E-state index in [1.54, 1.807) is 0 Å². The average Bonchev–Trinajstić information content (AvgIpc) is 2.46. The van der Waals surface area contributed by atoms with E-state index in [1.807, 2.05) is 13.0 Å². The highest BCUT2D eigenvalue weighted by molar-refractivity contribution is 9.10. The topological polar surface area (TPSA) is 30.5 Å². The molecule has 0 saturated heterocycles. The van der Waals surface area contributed by atoms with Crippen molar-refractivity contribution in [2.45, 2.75) is 19.1 Å². The van der Waals surface area contributed by atoms with Crippen LogP contribution in [0.25, 0.3) is 0 Å². The van der Waals surface area contributed by atoms with E-state index in [4.69, 9.17) is 9.57 Å². The fraction of sp³-hybridized carbons (Fsp3) is 0.400. The first-order chi connectivity index (χ1) is 7.13. The highest BCUT2D eigenvalue weighted by Gasteiger charge is 2.33. The summed E-state index contributed by atoms with van der Waals surface area (Å²) in [5.41, 5.74) is 3.57. The summed E-state index contributed by atoms with van der Waals surface area (Å²) in [7, 11) is 1.53. The van der Waals surface area contributed by atoms with Crippen molar-refractivity contribution in [3.8, 4) is 5.75 Å². The molecule has 15 heavy (non-hydrogen) atoms. The van der Waals surface area contributed by atoms with E-state index < -0.39 is 0 Å². The van der Waals surface area contributed by atoms with E-state index in [0.29, 0.717) is 10.2 Å². The van der Waals surface area contributed by atoms with Crippen molar-refractivity contribution in [3.63, 3.8) is 0 Å². The number of benzene rings is 1. The summed E-state index contributed by atoms with van der Waals surface area (Å²) in [6.07, 6.45) is -0.149. The maximum Gasteiger partial charge on any atom is 0.166 e. The summed E-state index contributed by atoms with van der Waals surface area (Å²) in [6.45, 7) is 1.87. The second kappa shape index (κ2) is 4.08. The number of hydrogen-bond donors (Lipinski definition) is 1. The largest absolute Gasteiger partial charge is 0.485 e. The Morgan fingerprint density at radius 2 is 2.27 bits per heavy atom. The molecular formula is C10H11BrFNO2. The minimum Gasteiger partial charge on any atom is -0.485 e. The molecule has 1 N–H and O–H groups in total. The van der Waals surface area contributed by atoms with E-state index in [9.17, 15) is 4.39 Å². The normalized spacial score (nSPS) is 23.7. The van der Waals surface area contributed by atoms with Crippen LogP contribution in [-0.2, 0) is 4.84 Å². The van der Waals surface area contributed by atoms with Crippen molar-refractivity contribution in [2.24, 2.45) is 0 Å². The maximum atomic E-state index is 13.5. The lowest BCUT2D eigenvalue weighted by molar-refractivity contribution is 0.0336. The van der Waals surface area contributed by atoms with E-state index in [0.717, 1.165) is 5.56 Å². The molecule has 2 rings (SSSR count). The molecule has 1 aliphatic heterocycles. The highest BCUT2D eigenvalue weighted by atomic mass is 79.9. The van der Waals surface area contributed by atoms with Crippen LogP contribution in [0.15, 0.2) is 16.6 Å². The lowest BCUT2D eigenvalue weighted by atomic mass is 10.1. The smallest absolute Gasteiger partial charge is 0.166 e. The summed E-state index contributed by atoms with van der Waals surface area (Å²) in [5, 5.41) is 0. The lowest BCUT2D eigenvalue weighted by Gasteiger charge is -2.14. The molecule has 82 valence electrons. The van der Waals surface area contributed by atoms with Crippen LogP contribution in [0.1, 0.15) is 18.5 Å². The van der Waals surface area contributed by atoms with Crippen LogP contribution in [0.5, 0.6) is 5.75 Å². The Hall–Kier alpha value is -0.650. The Morgan fingerprint density at radius 1 is 1.53 bits per heavy atom. The molecule has 0 fully saturated rings. The van der Waals surface area contributed by atoms with Gasteiger partial charge in [-0.05, 0) is 19.1 Å². The molecule has 2 unspecified atom stereocenters.